The Morgan fingerprint density at radius 3 is 2.54 bits per heavy atom. The molecule has 28 heavy (non-hydrogen) atoms. The monoisotopic (exact) mass is 393 g/mol. The minimum Gasteiger partial charge on any atom is -0.284 e. The molecule has 0 saturated carbocycles. The summed E-state index contributed by atoms with van der Waals surface area (Å²) in [5.41, 5.74) is 2.59. The number of hydrogen-bond donors (Lipinski definition) is 0. The summed E-state index contributed by atoms with van der Waals surface area (Å²) in [5, 5.41) is 13.2. The molecule has 0 N–H and O–H groups in total. The minimum atomic E-state index is -0.437. The van der Waals surface area contributed by atoms with Crippen molar-refractivity contribution >= 4 is 28.1 Å². The number of benzene rings is 2. The average Bonchev–Trinajstić information content (AvgIpc) is 3.21. The van der Waals surface area contributed by atoms with Gasteiger partial charge in [0.2, 0.25) is 5.91 Å². The van der Waals surface area contributed by atoms with Crippen LogP contribution in [0.1, 0.15) is 12.0 Å². The highest BCUT2D eigenvalue weighted by molar-refractivity contribution is 7.14. The van der Waals surface area contributed by atoms with Crippen molar-refractivity contribution in [3.8, 4) is 11.3 Å². The Morgan fingerprint density at radius 2 is 1.89 bits per heavy atom. The Bertz CT molecular complexity index is 968. The summed E-state index contributed by atoms with van der Waals surface area (Å²) in [6.07, 6.45) is 2.71. The molecule has 0 atom stereocenters. The molecule has 2 aromatic carbocycles. The van der Waals surface area contributed by atoms with E-state index in [-0.39, 0.29) is 11.6 Å². The number of carbonyl (C=O) groups is 1. The van der Waals surface area contributed by atoms with Crippen molar-refractivity contribution in [2.24, 2.45) is 0 Å². The Morgan fingerprint density at radius 1 is 1.18 bits per heavy atom. The van der Waals surface area contributed by atoms with Crippen molar-refractivity contribution in [1.29, 1.82) is 0 Å². The van der Waals surface area contributed by atoms with Crippen molar-refractivity contribution in [1.82, 2.24) is 4.98 Å². The predicted molar refractivity (Wildman–Crippen MR) is 112 cm³/mol. The number of thiazole rings is 1. The molecule has 0 spiro atoms. The van der Waals surface area contributed by atoms with Crippen LogP contribution in [0.3, 0.4) is 0 Å². The van der Waals surface area contributed by atoms with Crippen LogP contribution in [0.4, 0.5) is 10.8 Å². The van der Waals surface area contributed by atoms with Crippen LogP contribution in [0.5, 0.6) is 0 Å². The lowest BCUT2D eigenvalue weighted by molar-refractivity contribution is -0.384. The Labute approximate surface area is 166 Å². The van der Waals surface area contributed by atoms with Crippen LogP contribution < -0.4 is 4.90 Å². The molecule has 1 heterocycles. The summed E-state index contributed by atoms with van der Waals surface area (Å²) in [6, 6.07) is 16.1. The van der Waals surface area contributed by atoms with Gasteiger partial charge in [-0.25, -0.2) is 4.98 Å². The van der Waals surface area contributed by atoms with Crippen LogP contribution in [-0.2, 0) is 11.2 Å². The van der Waals surface area contributed by atoms with Gasteiger partial charge < -0.3 is 0 Å². The third kappa shape index (κ3) is 4.69. The maximum absolute atomic E-state index is 12.7. The van der Waals surface area contributed by atoms with Gasteiger partial charge >= 0.3 is 0 Å². The standard InChI is InChI=1S/C21H19N3O3S/c1-2-14-23(20(25)13-8-16-6-4-3-5-7-16)21-22-19(15-28-21)17-9-11-18(12-10-17)24(26)27/h2-7,9-12,15H,1,8,13-14H2. The fourth-order valence-electron chi connectivity index (χ4n) is 2.72. The van der Waals surface area contributed by atoms with E-state index in [0.717, 1.165) is 11.1 Å². The first-order valence-electron chi connectivity index (χ1n) is 8.74. The topological polar surface area (TPSA) is 76.3 Å². The van der Waals surface area contributed by atoms with E-state index in [1.807, 2.05) is 35.7 Å². The smallest absolute Gasteiger partial charge is 0.269 e. The number of aromatic nitrogens is 1. The Hall–Kier alpha value is -3.32. The maximum Gasteiger partial charge on any atom is 0.269 e. The number of nitro groups is 1. The lowest BCUT2D eigenvalue weighted by Gasteiger charge is -2.18. The number of nitrogens with zero attached hydrogens (tertiary/aromatic N) is 3. The molecular formula is C21H19N3O3S. The predicted octanol–water partition coefficient (Wildman–Crippen LogP) is 4.87. The van der Waals surface area contributed by atoms with Gasteiger partial charge in [0.25, 0.3) is 5.69 Å². The van der Waals surface area contributed by atoms with E-state index in [9.17, 15) is 14.9 Å². The highest BCUT2D eigenvalue weighted by Crippen LogP contribution is 2.29. The number of amides is 1. The second-order valence-electron chi connectivity index (χ2n) is 6.10. The van der Waals surface area contributed by atoms with Gasteiger partial charge in [-0.05, 0) is 24.1 Å². The highest BCUT2D eigenvalue weighted by atomic mass is 32.1. The fourth-order valence-corrected chi connectivity index (χ4v) is 3.58. The molecule has 6 nitrogen and oxygen atoms in total. The van der Waals surface area contributed by atoms with Gasteiger partial charge in [-0.2, -0.15) is 0 Å². The first-order valence-corrected chi connectivity index (χ1v) is 9.62. The van der Waals surface area contributed by atoms with Gasteiger partial charge in [0, 0.05) is 36.0 Å². The summed E-state index contributed by atoms with van der Waals surface area (Å²) in [5.74, 6) is -0.0200. The molecule has 7 heteroatoms. The van der Waals surface area contributed by atoms with E-state index in [1.54, 1.807) is 23.1 Å². The molecular weight excluding hydrogens is 374 g/mol. The minimum absolute atomic E-state index is 0.0200. The van der Waals surface area contributed by atoms with E-state index in [2.05, 4.69) is 11.6 Å². The van der Waals surface area contributed by atoms with Crippen LogP contribution in [-0.4, -0.2) is 22.4 Å². The van der Waals surface area contributed by atoms with Crippen LogP contribution in [0.25, 0.3) is 11.3 Å². The Balaban J connectivity index is 1.74. The largest absolute Gasteiger partial charge is 0.284 e. The lowest BCUT2D eigenvalue weighted by atomic mass is 10.1. The number of anilines is 1. The molecule has 0 bridgehead atoms. The summed E-state index contributed by atoms with van der Waals surface area (Å²) < 4.78 is 0. The first-order chi connectivity index (χ1) is 13.6. The van der Waals surface area contributed by atoms with Crippen molar-refractivity contribution < 1.29 is 9.72 Å². The summed E-state index contributed by atoms with van der Waals surface area (Å²) in [7, 11) is 0. The molecule has 142 valence electrons. The number of nitro benzene ring substituents is 1. The fraction of sp³-hybridized carbons (Fsp3) is 0.143. The number of non-ortho nitro benzene ring substituents is 1. The molecule has 0 aliphatic heterocycles. The van der Waals surface area contributed by atoms with Gasteiger partial charge in [-0.3, -0.25) is 19.8 Å². The van der Waals surface area contributed by atoms with E-state index < -0.39 is 4.92 Å². The Kier molecular flexibility index (Phi) is 6.29. The SMILES string of the molecule is C=CCN(C(=O)CCc1ccccc1)c1nc(-c2ccc([N+](=O)[O-])cc2)cs1. The van der Waals surface area contributed by atoms with E-state index in [0.29, 0.717) is 30.2 Å². The van der Waals surface area contributed by atoms with Crippen LogP contribution in [0.15, 0.2) is 72.6 Å². The van der Waals surface area contributed by atoms with Gasteiger partial charge in [0.1, 0.15) is 0 Å². The van der Waals surface area contributed by atoms with Crippen molar-refractivity contribution in [2.45, 2.75) is 12.8 Å². The quantitative estimate of drug-likeness (QED) is 0.311. The number of carbonyl (C=O) groups excluding carboxylic acids is 1. The lowest BCUT2D eigenvalue weighted by Crippen LogP contribution is -2.31. The third-order valence-electron chi connectivity index (χ3n) is 4.18. The third-order valence-corrected chi connectivity index (χ3v) is 5.04. The number of hydrogen-bond acceptors (Lipinski definition) is 5. The molecule has 1 amide bonds. The van der Waals surface area contributed by atoms with E-state index >= 15 is 0 Å². The summed E-state index contributed by atoms with van der Waals surface area (Å²) in [6.45, 7) is 4.11. The molecule has 0 radical (unpaired) electrons. The molecule has 3 aromatic rings. The van der Waals surface area contributed by atoms with E-state index in [1.165, 1.54) is 23.5 Å². The second kappa shape index (κ2) is 9.05. The average molecular weight is 393 g/mol. The summed E-state index contributed by atoms with van der Waals surface area (Å²) in [4.78, 5) is 29.3. The molecule has 0 fully saturated rings. The van der Waals surface area contributed by atoms with Crippen molar-refractivity contribution in [3.63, 3.8) is 0 Å². The normalized spacial score (nSPS) is 10.4. The van der Waals surface area contributed by atoms with Gasteiger partial charge in [-0.1, -0.05) is 36.4 Å². The molecule has 0 saturated heterocycles. The molecule has 0 aliphatic carbocycles. The zero-order valence-corrected chi connectivity index (χ0v) is 16.0. The zero-order valence-electron chi connectivity index (χ0n) is 15.2. The van der Waals surface area contributed by atoms with Crippen LogP contribution >= 0.6 is 11.3 Å². The van der Waals surface area contributed by atoms with Crippen LogP contribution in [0.2, 0.25) is 0 Å². The molecule has 0 unspecified atom stereocenters. The van der Waals surface area contributed by atoms with Gasteiger partial charge in [0.15, 0.2) is 5.13 Å². The molecule has 3 rings (SSSR count). The highest BCUT2D eigenvalue weighted by Gasteiger charge is 2.18. The summed E-state index contributed by atoms with van der Waals surface area (Å²) >= 11 is 1.37. The zero-order chi connectivity index (χ0) is 19.9. The number of aryl methyl sites for hydroxylation is 1. The van der Waals surface area contributed by atoms with Crippen LogP contribution in [0, 0.1) is 10.1 Å². The van der Waals surface area contributed by atoms with Crippen molar-refractivity contribution in [2.75, 3.05) is 11.4 Å². The molecule has 0 aliphatic rings. The van der Waals surface area contributed by atoms with Gasteiger partial charge in [0.05, 0.1) is 10.6 Å². The molecule has 1 aromatic heterocycles. The maximum atomic E-state index is 12.7. The van der Waals surface area contributed by atoms with E-state index in [4.69, 9.17) is 0 Å². The first kappa shape index (κ1) is 19.4. The van der Waals surface area contributed by atoms with Gasteiger partial charge in [-0.15, -0.1) is 17.9 Å². The second-order valence-corrected chi connectivity index (χ2v) is 6.93. The van der Waals surface area contributed by atoms with Crippen molar-refractivity contribution in [3.05, 3.63) is 88.3 Å². The number of rotatable bonds is 8.